The number of carbonyl (C=O) groups is 1. The van der Waals surface area contributed by atoms with Gasteiger partial charge >= 0.3 is 0 Å². The van der Waals surface area contributed by atoms with Gasteiger partial charge in [-0.3, -0.25) is 4.79 Å². The van der Waals surface area contributed by atoms with Gasteiger partial charge in [0.2, 0.25) is 5.91 Å². The Balaban J connectivity index is 2.59. The molecule has 1 amide bonds. The predicted molar refractivity (Wildman–Crippen MR) is 69.3 cm³/mol. The molecule has 0 heterocycles. The van der Waals surface area contributed by atoms with Gasteiger partial charge in [0.15, 0.2) is 0 Å². The summed E-state index contributed by atoms with van der Waals surface area (Å²) < 4.78 is 1.17. The molecule has 1 aromatic rings. The molecule has 78 valence electrons. The zero-order chi connectivity index (χ0) is 11.3. The Morgan fingerprint density at radius 3 is 2.60 bits per heavy atom. The first kappa shape index (κ1) is 12.1. The van der Waals surface area contributed by atoms with Crippen molar-refractivity contribution in [2.75, 3.05) is 13.6 Å². The fraction of sp³-hybridized carbons (Fsp3) is 0.250. The zero-order valence-corrected chi connectivity index (χ0v) is 10.7. The number of nitrogens with zero attached hydrogens (tertiary/aromatic N) is 1. The second kappa shape index (κ2) is 5.76. The molecule has 1 rings (SSSR count). The number of hydrogen-bond acceptors (Lipinski definition) is 1. The number of amides is 1. The predicted octanol–water partition coefficient (Wildman–Crippen LogP) is 1.93. The van der Waals surface area contributed by atoms with Crippen molar-refractivity contribution in [1.82, 2.24) is 4.90 Å². The third-order valence-electron chi connectivity index (χ3n) is 2.02. The van der Waals surface area contributed by atoms with Gasteiger partial charge in [0, 0.05) is 10.6 Å². The molecule has 0 bridgehead atoms. The zero-order valence-electron chi connectivity index (χ0n) is 8.53. The first-order chi connectivity index (χ1) is 7.13. The molecule has 0 radical (unpaired) electrons. The molecule has 0 unspecified atom stereocenters. The van der Waals surface area contributed by atoms with E-state index in [0.29, 0.717) is 13.0 Å². The molecule has 0 aliphatic heterocycles. The normalized spacial score (nSPS) is 9.40. The Morgan fingerprint density at radius 1 is 1.47 bits per heavy atom. The highest BCUT2D eigenvalue weighted by molar-refractivity contribution is 14.1. The highest BCUT2D eigenvalue weighted by atomic mass is 127. The summed E-state index contributed by atoms with van der Waals surface area (Å²) >= 11 is 2.24. The molecule has 1 aromatic carbocycles. The van der Waals surface area contributed by atoms with Gasteiger partial charge in [-0.2, -0.15) is 0 Å². The molecule has 0 aromatic heterocycles. The fourth-order valence-electron chi connectivity index (χ4n) is 1.14. The van der Waals surface area contributed by atoms with Crippen molar-refractivity contribution in [2.24, 2.45) is 0 Å². The van der Waals surface area contributed by atoms with Gasteiger partial charge in [-0.15, -0.1) is 6.42 Å². The van der Waals surface area contributed by atoms with Crippen LogP contribution < -0.4 is 0 Å². The van der Waals surface area contributed by atoms with Crippen molar-refractivity contribution in [3.05, 3.63) is 33.4 Å². The Kier molecular flexibility index (Phi) is 4.63. The molecule has 0 atom stereocenters. The van der Waals surface area contributed by atoms with Crippen LogP contribution >= 0.6 is 22.6 Å². The summed E-state index contributed by atoms with van der Waals surface area (Å²) in [4.78, 5) is 13.2. The molecule has 15 heavy (non-hydrogen) atoms. The lowest BCUT2D eigenvalue weighted by molar-refractivity contribution is -0.128. The van der Waals surface area contributed by atoms with Crippen LogP contribution in [-0.4, -0.2) is 24.4 Å². The average Bonchev–Trinajstić information content (AvgIpc) is 2.22. The van der Waals surface area contributed by atoms with Crippen molar-refractivity contribution in [3.8, 4) is 12.3 Å². The Bertz CT molecular complexity index is 378. The van der Waals surface area contributed by atoms with E-state index in [4.69, 9.17) is 6.42 Å². The number of hydrogen-bond donors (Lipinski definition) is 0. The van der Waals surface area contributed by atoms with Gasteiger partial charge in [0.25, 0.3) is 0 Å². The minimum absolute atomic E-state index is 0.0501. The molecular weight excluding hydrogens is 301 g/mol. The van der Waals surface area contributed by atoms with E-state index < -0.39 is 0 Å². The molecule has 0 spiro atoms. The van der Waals surface area contributed by atoms with Gasteiger partial charge in [-0.25, -0.2) is 0 Å². The maximum absolute atomic E-state index is 11.6. The van der Waals surface area contributed by atoms with E-state index in [1.165, 1.54) is 3.57 Å². The van der Waals surface area contributed by atoms with Crippen molar-refractivity contribution >= 4 is 28.5 Å². The number of terminal acetylenes is 1. The van der Waals surface area contributed by atoms with E-state index >= 15 is 0 Å². The van der Waals surface area contributed by atoms with Crippen LogP contribution in [0.5, 0.6) is 0 Å². The second-order valence-electron chi connectivity index (χ2n) is 3.26. The van der Waals surface area contributed by atoms with E-state index in [-0.39, 0.29) is 5.91 Å². The van der Waals surface area contributed by atoms with Gasteiger partial charge in [0.1, 0.15) is 0 Å². The smallest absolute Gasteiger partial charge is 0.227 e. The molecule has 0 aliphatic rings. The maximum atomic E-state index is 11.6. The Labute approximate surface area is 104 Å². The van der Waals surface area contributed by atoms with Crippen LogP contribution in [0.4, 0.5) is 0 Å². The lowest BCUT2D eigenvalue weighted by Crippen LogP contribution is -2.28. The summed E-state index contributed by atoms with van der Waals surface area (Å²) in [5.41, 5.74) is 1.02. The minimum atomic E-state index is 0.0501. The van der Waals surface area contributed by atoms with Crippen molar-refractivity contribution in [2.45, 2.75) is 6.42 Å². The van der Waals surface area contributed by atoms with E-state index in [9.17, 15) is 4.79 Å². The lowest BCUT2D eigenvalue weighted by Gasteiger charge is -2.13. The summed E-state index contributed by atoms with van der Waals surface area (Å²) in [6.45, 7) is 0.364. The molecule has 2 nitrogen and oxygen atoms in total. The van der Waals surface area contributed by atoms with Crippen LogP contribution in [0.1, 0.15) is 5.56 Å². The van der Waals surface area contributed by atoms with Crippen LogP contribution in [-0.2, 0) is 11.2 Å². The van der Waals surface area contributed by atoms with E-state index in [2.05, 4.69) is 28.5 Å². The maximum Gasteiger partial charge on any atom is 0.227 e. The molecule has 0 fully saturated rings. The van der Waals surface area contributed by atoms with E-state index in [1.54, 1.807) is 11.9 Å². The summed E-state index contributed by atoms with van der Waals surface area (Å²) in [5, 5.41) is 0. The SMILES string of the molecule is C#CCN(C)C(=O)Cc1ccc(I)cc1. The lowest BCUT2D eigenvalue weighted by atomic mass is 10.1. The molecule has 3 heteroatoms. The van der Waals surface area contributed by atoms with Gasteiger partial charge in [-0.1, -0.05) is 18.1 Å². The standard InChI is InChI=1S/C12H12INO/c1-3-8-14(2)12(15)9-10-4-6-11(13)7-5-10/h1,4-7H,8-9H2,2H3. The van der Waals surface area contributed by atoms with Crippen molar-refractivity contribution in [1.29, 1.82) is 0 Å². The van der Waals surface area contributed by atoms with Crippen LogP contribution in [0.25, 0.3) is 0 Å². The molecule has 0 N–H and O–H groups in total. The van der Waals surface area contributed by atoms with E-state index in [1.807, 2.05) is 24.3 Å². The topological polar surface area (TPSA) is 20.3 Å². The van der Waals surface area contributed by atoms with Crippen LogP contribution in [0.2, 0.25) is 0 Å². The Morgan fingerprint density at radius 2 is 2.07 bits per heavy atom. The molecular formula is C12H12INO. The highest BCUT2D eigenvalue weighted by Gasteiger charge is 2.07. The first-order valence-corrected chi connectivity index (χ1v) is 5.63. The average molecular weight is 313 g/mol. The third-order valence-corrected chi connectivity index (χ3v) is 2.74. The first-order valence-electron chi connectivity index (χ1n) is 4.55. The summed E-state index contributed by atoms with van der Waals surface area (Å²) in [5.74, 6) is 2.50. The Hall–Kier alpha value is -1.02. The van der Waals surface area contributed by atoms with Crippen molar-refractivity contribution < 1.29 is 4.79 Å². The van der Waals surface area contributed by atoms with Gasteiger partial charge in [0.05, 0.1) is 13.0 Å². The molecule has 0 saturated heterocycles. The number of likely N-dealkylation sites (N-methyl/N-ethyl adjacent to an activating group) is 1. The highest BCUT2D eigenvalue weighted by Crippen LogP contribution is 2.08. The summed E-state index contributed by atoms with van der Waals surface area (Å²) in [6, 6.07) is 7.90. The monoisotopic (exact) mass is 313 g/mol. The van der Waals surface area contributed by atoms with Gasteiger partial charge in [-0.05, 0) is 40.3 Å². The number of rotatable bonds is 3. The largest absolute Gasteiger partial charge is 0.334 e. The van der Waals surface area contributed by atoms with Crippen molar-refractivity contribution in [3.63, 3.8) is 0 Å². The van der Waals surface area contributed by atoms with E-state index in [0.717, 1.165) is 5.56 Å². The summed E-state index contributed by atoms with van der Waals surface area (Å²) in [6.07, 6.45) is 5.55. The number of carbonyl (C=O) groups excluding carboxylic acids is 1. The number of benzene rings is 1. The summed E-state index contributed by atoms with van der Waals surface area (Å²) in [7, 11) is 1.72. The van der Waals surface area contributed by atoms with Crippen LogP contribution in [0.3, 0.4) is 0 Å². The minimum Gasteiger partial charge on any atom is -0.334 e. The van der Waals surface area contributed by atoms with Gasteiger partial charge < -0.3 is 4.90 Å². The van der Waals surface area contributed by atoms with Crippen LogP contribution in [0, 0.1) is 15.9 Å². The molecule has 0 saturated carbocycles. The quantitative estimate of drug-likeness (QED) is 0.617. The number of halogens is 1. The van der Waals surface area contributed by atoms with Crippen LogP contribution in [0.15, 0.2) is 24.3 Å². The fourth-order valence-corrected chi connectivity index (χ4v) is 1.50. The molecule has 0 aliphatic carbocycles. The third kappa shape index (κ3) is 3.92. The second-order valence-corrected chi connectivity index (χ2v) is 4.50.